The first-order chi connectivity index (χ1) is 14.0. The number of halogens is 3. The van der Waals surface area contributed by atoms with Gasteiger partial charge >= 0.3 is 6.18 Å². The highest BCUT2D eigenvalue weighted by molar-refractivity contribution is 7.92. The van der Waals surface area contributed by atoms with Gasteiger partial charge in [0.2, 0.25) is 15.9 Å². The molecular weight excluding hydrogens is 421 g/mol. The molecule has 11 heteroatoms. The van der Waals surface area contributed by atoms with E-state index in [0.717, 1.165) is 12.3 Å². The average Bonchev–Trinajstić information content (AvgIpc) is 2.68. The van der Waals surface area contributed by atoms with Gasteiger partial charge in [-0.3, -0.25) is 9.52 Å². The number of hydrogen-bond acceptors (Lipinski definition) is 5. The lowest BCUT2D eigenvalue weighted by Gasteiger charge is -2.34. The molecule has 0 radical (unpaired) electrons. The number of alkyl halides is 3. The van der Waals surface area contributed by atoms with Crippen LogP contribution in [0.2, 0.25) is 0 Å². The lowest BCUT2D eigenvalue weighted by atomic mass is 9.96. The Kier molecular flexibility index (Phi) is 6.20. The maximum absolute atomic E-state index is 13.3. The van der Waals surface area contributed by atoms with E-state index in [0.29, 0.717) is 19.4 Å². The first kappa shape index (κ1) is 21.9. The van der Waals surface area contributed by atoms with Crippen molar-refractivity contribution in [2.45, 2.75) is 19.0 Å². The number of carbonyl (C=O) groups is 1. The van der Waals surface area contributed by atoms with Gasteiger partial charge in [-0.1, -0.05) is 12.1 Å². The molecule has 1 amide bonds. The SMILES string of the molecule is CS(=O)(=O)Nc1ccccc1NC(=O)C1CCCN(c2ncccc2C(F)(F)F)C1. The Bertz CT molecular complexity index is 1030. The second kappa shape index (κ2) is 8.50. The minimum Gasteiger partial charge on any atom is -0.355 e. The maximum Gasteiger partial charge on any atom is 0.419 e. The van der Waals surface area contributed by atoms with Gasteiger partial charge < -0.3 is 10.2 Å². The molecule has 0 spiro atoms. The van der Waals surface area contributed by atoms with Crippen molar-refractivity contribution in [1.82, 2.24) is 4.98 Å². The number of benzene rings is 1. The molecule has 2 heterocycles. The molecule has 0 bridgehead atoms. The summed E-state index contributed by atoms with van der Waals surface area (Å²) in [6.45, 7) is 0.434. The number of nitrogens with one attached hydrogen (secondary N) is 2. The second-order valence-electron chi connectivity index (χ2n) is 7.07. The van der Waals surface area contributed by atoms with Gasteiger partial charge in [0, 0.05) is 19.3 Å². The molecule has 0 aliphatic carbocycles. The van der Waals surface area contributed by atoms with Gasteiger partial charge in [0.1, 0.15) is 5.82 Å². The molecule has 7 nitrogen and oxygen atoms in total. The van der Waals surface area contributed by atoms with Crippen LogP contribution in [0.15, 0.2) is 42.6 Å². The number of nitrogens with zero attached hydrogens (tertiary/aromatic N) is 2. The van der Waals surface area contributed by atoms with Crippen LogP contribution in [0.5, 0.6) is 0 Å². The van der Waals surface area contributed by atoms with E-state index in [1.165, 1.54) is 23.2 Å². The highest BCUT2D eigenvalue weighted by Gasteiger charge is 2.37. The molecule has 1 aliphatic heterocycles. The third kappa shape index (κ3) is 5.41. The fourth-order valence-corrected chi connectivity index (χ4v) is 3.95. The van der Waals surface area contributed by atoms with Gasteiger partial charge in [-0.25, -0.2) is 13.4 Å². The predicted octanol–water partition coefficient (Wildman–Crippen LogP) is 3.33. The van der Waals surface area contributed by atoms with Crippen molar-refractivity contribution >= 4 is 33.1 Å². The van der Waals surface area contributed by atoms with E-state index in [-0.39, 0.29) is 23.7 Å². The lowest BCUT2D eigenvalue weighted by molar-refractivity contribution is -0.137. The van der Waals surface area contributed by atoms with E-state index >= 15 is 0 Å². The molecule has 1 atom stereocenters. The summed E-state index contributed by atoms with van der Waals surface area (Å²) >= 11 is 0. The smallest absolute Gasteiger partial charge is 0.355 e. The Hall–Kier alpha value is -2.82. The van der Waals surface area contributed by atoms with Crippen molar-refractivity contribution in [3.8, 4) is 0 Å². The Morgan fingerprint density at radius 3 is 2.53 bits per heavy atom. The van der Waals surface area contributed by atoms with Crippen LogP contribution in [0.1, 0.15) is 18.4 Å². The van der Waals surface area contributed by atoms with Crippen LogP contribution in [0.4, 0.5) is 30.4 Å². The van der Waals surface area contributed by atoms with Crippen molar-refractivity contribution in [2.75, 3.05) is 34.3 Å². The summed E-state index contributed by atoms with van der Waals surface area (Å²) in [6, 6.07) is 8.51. The number of carbonyl (C=O) groups excluding carboxylic acids is 1. The number of amides is 1. The zero-order valence-electron chi connectivity index (χ0n) is 16.1. The Labute approximate surface area is 172 Å². The number of rotatable bonds is 5. The van der Waals surface area contributed by atoms with Gasteiger partial charge in [0.15, 0.2) is 0 Å². The Balaban J connectivity index is 1.77. The summed E-state index contributed by atoms with van der Waals surface area (Å²) in [7, 11) is -3.55. The van der Waals surface area contributed by atoms with Gasteiger partial charge in [-0.2, -0.15) is 13.2 Å². The monoisotopic (exact) mass is 442 g/mol. The van der Waals surface area contributed by atoms with Crippen LogP contribution < -0.4 is 14.9 Å². The van der Waals surface area contributed by atoms with Crippen LogP contribution in [0, 0.1) is 5.92 Å². The average molecular weight is 442 g/mol. The van der Waals surface area contributed by atoms with E-state index in [1.807, 2.05) is 0 Å². The molecule has 162 valence electrons. The summed E-state index contributed by atoms with van der Waals surface area (Å²) in [5.74, 6) is -1.17. The second-order valence-corrected chi connectivity index (χ2v) is 8.82. The molecular formula is C19H21F3N4O3S. The molecule has 1 aliphatic rings. The number of hydrogen-bond donors (Lipinski definition) is 2. The van der Waals surface area contributed by atoms with Crippen molar-refractivity contribution in [3.05, 3.63) is 48.2 Å². The van der Waals surface area contributed by atoms with Gasteiger partial charge in [0.25, 0.3) is 0 Å². The fourth-order valence-electron chi connectivity index (χ4n) is 3.37. The van der Waals surface area contributed by atoms with E-state index in [4.69, 9.17) is 0 Å². The van der Waals surface area contributed by atoms with Crippen LogP contribution in [0.3, 0.4) is 0 Å². The molecule has 0 saturated carbocycles. The van der Waals surface area contributed by atoms with Crippen LogP contribution in [0.25, 0.3) is 0 Å². The molecule has 1 fully saturated rings. The number of aromatic nitrogens is 1. The summed E-state index contributed by atoms with van der Waals surface area (Å²) in [6.07, 6.45) is -1.24. The summed E-state index contributed by atoms with van der Waals surface area (Å²) in [5, 5.41) is 2.68. The zero-order chi connectivity index (χ0) is 21.9. The molecule has 1 aromatic heterocycles. The van der Waals surface area contributed by atoms with Crippen LogP contribution in [-0.2, 0) is 21.0 Å². The van der Waals surface area contributed by atoms with Crippen LogP contribution in [-0.4, -0.2) is 38.7 Å². The van der Waals surface area contributed by atoms with Crippen molar-refractivity contribution in [3.63, 3.8) is 0 Å². The molecule has 1 unspecified atom stereocenters. The number of para-hydroxylation sites is 2. The first-order valence-corrected chi connectivity index (χ1v) is 11.1. The van der Waals surface area contributed by atoms with Crippen molar-refractivity contribution < 1.29 is 26.4 Å². The minimum atomic E-state index is -4.55. The van der Waals surface area contributed by atoms with Crippen molar-refractivity contribution in [2.24, 2.45) is 5.92 Å². The molecule has 1 saturated heterocycles. The topological polar surface area (TPSA) is 91.4 Å². The molecule has 2 N–H and O–H groups in total. The van der Waals surface area contributed by atoms with E-state index < -0.39 is 33.6 Å². The Morgan fingerprint density at radius 1 is 1.17 bits per heavy atom. The summed E-state index contributed by atoms with van der Waals surface area (Å²) in [4.78, 5) is 18.2. The molecule has 3 rings (SSSR count). The molecule has 1 aromatic carbocycles. The summed E-state index contributed by atoms with van der Waals surface area (Å²) in [5.41, 5.74) is -0.349. The van der Waals surface area contributed by atoms with Crippen molar-refractivity contribution in [1.29, 1.82) is 0 Å². The van der Waals surface area contributed by atoms with E-state index in [1.54, 1.807) is 18.2 Å². The highest BCUT2D eigenvalue weighted by Crippen LogP contribution is 2.36. The first-order valence-electron chi connectivity index (χ1n) is 9.19. The molecule has 30 heavy (non-hydrogen) atoms. The third-order valence-electron chi connectivity index (χ3n) is 4.66. The maximum atomic E-state index is 13.3. The van der Waals surface area contributed by atoms with Gasteiger partial charge in [-0.05, 0) is 37.1 Å². The zero-order valence-corrected chi connectivity index (χ0v) is 16.9. The number of pyridine rings is 1. The van der Waals surface area contributed by atoms with Gasteiger partial charge in [0.05, 0.1) is 29.1 Å². The fraction of sp³-hybridized carbons (Fsp3) is 0.368. The molecule has 2 aromatic rings. The van der Waals surface area contributed by atoms with E-state index in [2.05, 4.69) is 15.0 Å². The largest absolute Gasteiger partial charge is 0.419 e. The standard InChI is InChI=1S/C19H21F3N4O3S/c1-30(28,29)25-16-9-3-2-8-15(16)24-18(27)13-6-5-11-26(12-13)17-14(19(20,21)22)7-4-10-23-17/h2-4,7-10,13,25H,5-6,11-12H2,1H3,(H,24,27). The minimum absolute atomic E-state index is 0.0770. The third-order valence-corrected chi connectivity index (χ3v) is 5.25. The lowest BCUT2D eigenvalue weighted by Crippen LogP contribution is -2.42. The number of sulfonamides is 1. The predicted molar refractivity (Wildman–Crippen MR) is 108 cm³/mol. The number of piperidine rings is 1. The van der Waals surface area contributed by atoms with E-state index in [9.17, 15) is 26.4 Å². The van der Waals surface area contributed by atoms with Gasteiger partial charge in [-0.15, -0.1) is 0 Å². The van der Waals surface area contributed by atoms with Crippen LogP contribution >= 0.6 is 0 Å². The highest BCUT2D eigenvalue weighted by atomic mass is 32.2. The summed E-state index contributed by atoms with van der Waals surface area (Å²) < 4.78 is 65.3. The quantitative estimate of drug-likeness (QED) is 0.741. The Morgan fingerprint density at radius 2 is 1.87 bits per heavy atom. The normalized spacial score (nSPS) is 17.5. The number of anilines is 3.